The third-order valence-electron chi connectivity index (χ3n) is 6.56. The van der Waals surface area contributed by atoms with Crippen LogP contribution < -0.4 is 20.5 Å². The van der Waals surface area contributed by atoms with Gasteiger partial charge in [-0.2, -0.15) is 0 Å². The molecule has 0 radical (unpaired) electrons. The molecule has 1 aliphatic rings. The van der Waals surface area contributed by atoms with E-state index in [9.17, 15) is 9.59 Å². The molecule has 3 aromatic rings. The van der Waals surface area contributed by atoms with E-state index in [0.29, 0.717) is 29.3 Å². The summed E-state index contributed by atoms with van der Waals surface area (Å²) in [6.07, 6.45) is 2.12. The molecular weight excluding hydrogens is 454 g/mol. The van der Waals surface area contributed by atoms with Crippen molar-refractivity contribution in [2.24, 2.45) is 11.7 Å². The molecule has 4 rings (SSSR count). The van der Waals surface area contributed by atoms with Crippen molar-refractivity contribution in [2.45, 2.75) is 26.0 Å². The summed E-state index contributed by atoms with van der Waals surface area (Å²) in [6.45, 7) is 3.88. The van der Waals surface area contributed by atoms with Gasteiger partial charge in [0.05, 0.1) is 12.7 Å². The standard InChI is InChI=1S/C29H33N3O4/c1-35-25-11-9-22(10-12-25)19-32-15-13-21(14-16-32)18-31-29(34)24-6-4-5-23(17-24)20-36-27-8-3-2-7-26(27)28(30)33/h2-12,17,21H,13-16,18-20H2,1H3,(H2,30,33)(H,31,34). The molecular formula is C29H33N3O4. The molecule has 0 atom stereocenters. The number of methoxy groups -OCH3 is 1. The summed E-state index contributed by atoms with van der Waals surface area (Å²) in [5, 5.41) is 3.10. The van der Waals surface area contributed by atoms with Crippen molar-refractivity contribution in [2.75, 3.05) is 26.7 Å². The lowest BCUT2D eigenvalue weighted by Crippen LogP contribution is -2.38. The van der Waals surface area contributed by atoms with Crippen LogP contribution in [0.25, 0.3) is 0 Å². The first kappa shape index (κ1) is 25.3. The fourth-order valence-electron chi connectivity index (χ4n) is 4.44. The topological polar surface area (TPSA) is 93.9 Å². The van der Waals surface area contributed by atoms with Crippen molar-refractivity contribution >= 4 is 11.8 Å². The zero-order valence-corrected chi connectivity index (χ0v) is 20.6. The predicted molar refractivity (Wildman–Crippen MR) is 139 cm³/mol. The number of amides is 2. The van der Waals surface area contributed by atoms with Gasteiger partial charge in [-0.1, -0.05) is 36.4 Å². The van der Waals surface area contributed by atoms with Gasteiger partial charge < -0.3 is 20.5 Å². The average Bonchev–Trinajstić information content (AvgIpc) is 2.92. The zero-order chi connectivity index (χ0) is 25.3. The first-order valence-corrected chi connectivity index (χ1v) is 12.3. The summed E-state index contributed by atoms with van der Waals surface area (Å²) in [7, 11) is 1.68. The van der Waals surface area contributed by atoms with E-state index in [1.807, 2.05) is 30.3 Å². The SMILES string of the molecule is COc1ccc(CN2CCC(CNC(=O)c3cccc(COc4ccccc4C(N)=O)c3)CC2)cc1. The maximum atomic E-state index is 12.8. The number of rotatable bonds is 10. The Bertz CT molecular complexity index is 1170. The van der Waals surface area contributed by atoms with Crippen LogP contribution in [0.5, 0.6) is 11.5 Å². The minimum absolute atomic E-state index is 0.0879. The normalized spacial score (nSPS) is 14.2. The third-order valence-corrected chi connectivity index (χ3v) is 6.56. The second-order valence-electron chi connectivity index (χ2n) is 9.13. The molecule has 0 unspecified atom stereocenters. The highest BCUT2D eigenvalue weighted by Crippen LogP contribution is 2.21. The van der Waals surface area contributed by atoms with Gasteiger partial charge in [0.15, 0.2) is 0 Å². The lowest BCUT2D eigenvalue weighted by atomic mass is 9.96. The van der Waals surface area contributed by atoms with Crippen LogP contribution in [-0.2, 0) is 13.2 Å². The van der Waals surface area contributed by atoms with E-state index < -0.39 is 5.91 Å². The second-order valence-corrected chi connectivity index (χ2v) is 9.13. The molecule has 1 aliphatic heterocycles. The summed E-state index contributed by atoms with van der Waals surface area (Å²) in [5.41, 5.74) is 8.47. The van der Waals surface area contributed by atoms with Gasteiger partial charge in [0.1, 0.15) is 18.1 Å². The maximum Gasteiger partial charge on any atom is 0.252 e. The number of nitrogens with two attached hydrogens (primary N) is 1. The second kappa shape index (κ2) is 12.2. The highest BCUT2D eigenvalue weighted by molar-refractivity contribution is 5.95. The molecule has 2 amide bonds. The molecule has 188 valence electrons. The first-order valence-electron chi connectivity index (χ1n) is 12.3. The molecule has 3 aromatic carbocycles. The van der Waals surface area contributed by atoms with Crippen LogP contribution in [-0.4, -0.2) is 43.5 Å². The summed E-state index contributed by atoms with van der Waals surface area (Å²) in [6, 6.07) is 22.4. The van der Waals surface area contributed by atoms with E-state index in [1.165, 1.54) is 5.56 Å². The van der Waals surface area contributed by atoms with E-state index in [0.717, 1.165) is 43.8 Å². The van der Waals surface area contributed by atoms with E-state index in [4.69, 9.17) is 15.2 Å². The molecule has 1 heterocycles. The summed E-state index contributed by atoms with van der Waals surface area (Å²) in [4.78, 5) is 26.8. The van der Waals surface area contributed by atoms with Gasteiger partial charge >= 0.3 is 0 Å². The van der Waals surface area contributed by atoms with Crippen molar-refractivity contribution in [1.82, 2.24) is 10.2 Å². The van der Waals surface area contributed by atoms with E-state index in [2.05, 4.69) is 22.3 Å². The average molecular weight is 488 g/mol. The molecule has 0 spiro atoms. The Hall–Kier alpha value is -3.84. The highest BCUT2D eigenvalue weighted by atomic mass is 16.5. The molecule has 7 heteroatoms. The molecule has 3 N–H and O–H groups in total. The fourth-order valence-corrected chi connectivity index (χ4v) is 4.44. The molecule has 7 nitrogen and oxygen atoms in total. The largest absolute Gasteiger partial charge is 0.497 e. The van der Waals surface area contributed by atoms with E-state index in [-0.39, 0.29) is 12.5 Å². The number of carbonyl (C=O) groups is 2. The lowest BCUT2D eigenvalue weighted by molar-refractivity contribution is 0.0934. The van der Waals surface area contributed by atoms with Crippen molar-refractivity contribution in [3.05, 3.63) is 95.1 Å². The highest BCUT2D eigenvalue weighted by Gasteiger charge is 2.20. The third kappa shape index (κ3) is 6.86. The van der Waals surface area contributed by atoms with Gasteiger partial charge in [-0.3, -0.25) is 14.5 Å². The Morgan fingerprint density at radius 3 is 2.44 bits per heavy atom. The smallest absolute Gasteiger partial charge is 0.252 e. The Kier molecular flexibility index (Phi) is 8.57. The minimum Gasteiger partial charge on any atom is -0.497 e. The number of hydrogen-bond acceptors (Lipinski definition) is 5. The number of carbonyl (C=O) groups excluding carboxylic acids is 2. The molecule has 36 heavy (non-hydrogen) atoms. The van der Waals surface area contributed by atoms with Crippen molar-refractivity contribution in [3.8, 4) is 11.5 Å². The van der Waals surface area contributed by atoms with Crippen molar-refractivity contribution in [3.63, 3.8) is 0 Å². The van der Waals surface area contributed by atoms with E-state index in [1.54, 1.807) is 37.4 Å². The number of ether oxygens (including phenoxy) is 2. The lowest BCUT2D eigenvalue weighted by Gasteiger charge is -2.32. The summed E-state index contributed by atoms with van der Waals surface area (Å²) in [5.74, 6) is 1.15. The first-order chi connectivity index (χ1) is 17.5. The predicted octanol–water partition coefficient (Wildman–Crippen LogP) is 4.02. The molecule has 0 saturated carbocycles. The van der Waals surface area contributed by atoms with Gasteiger partial charge in [0.25, 0.3) is 11.8 Å². The van der Waals surface area contributed by atoms with Gasteiger partial charge in [-0.05, 0) is 79.4 Å². The van der Waals surface area contributed by atoms with Gasteiger partial charge in [0, 0.05) is 18.7 Å². The van der Waals surface area contributed by atoms with Gasteiger partial charge in [-0.25, -0.2) is 0 Å². The van der Waals surface area contributed by atoms with Crippen LogP contribution in [0.1, 0.15) is 44.7 Å². The van der Waals surface area contributed by atoms with Gasteiger partial charge in [0.2, 0.25) is 0 Å². The number of likely N-dealkylation sites (tertiary alicyclic amines) is 1. The summed E-state index contributed by atoms with van der Waals surface area (Å²) < 4.78 is 11.0. The van der Waals surface area contributed by atoms with Crippen LogP contribution in [0.2, 0.25) is 0 Å². The number of nitrogens with zero attached hydrogens (tertiary/aromatic N) is 1. The van der Waals surface area contributed by atoms with Crippen molar-refractivity contribution in [1.29, 1.82) is 0 Å². The number of primary amides is 1. The number of hydrogen-bond donors (Lipinski definition) is 2. The Balaban J connectivity index is 1.23. The van der Waals surface area contributed by atoms with Gasteiger partial charge in [-0.15, -0.1) is 0 Å². The van der Waals surface area contributed by atoms with Crippen LogP contribution in [0.3, 0.4) is 0 Å². The fraction of sp³-hybridized carbons (Fsp3) is 0.310. The van der Waals surface area contributed by atoms with Crippen LogP contribution in [0.15, 0.2) is 72.8 Å². The maximum absolute atomic E-state index is 12.8. The zero-order valence-electron chi connectivity index (χ0n) is 20.6. The van der Waals surface area contributed by atoms with E-state index >= 15 is 0 Å². The molecule has 0 bridgehead atoms. The number of benzene rings is 3. The van der Waals surface area contributed by atoms with Crippen LogP contribution in [0, 0.1) is 5.92 Å². The molecule has 1 saturated heterocycles. The Labute approximate surface area is 212 Å². The monoisotopic (exact) mass is 487 g/mol. The van der Waals surface area contributed by atoms with Crippen molar-refractivity contribution < 1.29 is 19.1 Å². The summed E-state index contributed by atoms with van der Waals surface area (Å²) >= 11 is 0. The molecule has 1 fully saturated rings. The Morgan fingerprint density at radius 2 is 1.72 bits per heavy atom. The Morgan fingerprint density at radius 1 is 0.972 bits per heavy atom. The molecule has 0 aromatic heterocycles. The van der Waals surface area contributed by atoms with Crippen LogP contribution in [0.4, 0.5) is 0 Å². The number of piperidine rings is 1. The van der Waals surface area contributed by atoms with Crippen LogP contribution >= 0.6 is 0 Å². The minimum atomic E-state index is -0.537. The molecule has 0 aliphatic carbocycles. The number of para-hydroxylation sites is 1. The number of nitrogens with one attached hydrogen (secondary N) is 1. The quantitative estimate of drug-likeness (QED) is 0.451.